The first-order valence-corrected chi connectivity index (χ1v) is 7.04. The van der Waals surface area contributed by atoms with E-state index in [-0.39, 0.29) is 12.1 Å². The molecule has 2 atom stereocenters. The van der Waals surface area contributed by atoms with Gasteiger partial charge in [-0.15, -0.1) is 0 Å². The van der Waals surface area contributed by atoms with Crippen LogP contribution in [0.15, 0.2) is 36.4 Å². The van der Waals surface area contributed by atoms with Crippen LogP contribution in [0.5, 0.6) is 5.75 Å². The fourth-order valence-corrected chi connectivity index (χ4v) is 2.81. The molecule has 0 bridgehead atoms. The molecule has 0 saturated carbocycles. The third-order valence-corrected chi connectivity index (χ3v) is 3.97. The number of rotatable bonds is 2. The summed E-state index contributed by atoms with van der Waals surface area (Å²) in [5, 5.41) is 3.85. The lowest BCUT2D eigenvalue weighted by Crippen LogP contribution is -2.26. The highest BCUT2D eigenvalue weighted by molar-refractivity contribution is 6.30. The molecule has 3 rings (SSSR count). The van der Waals surface area contributed by atoms with Gasteiger partial charge in [-0.25, -0.2) is 8.78 Å². The van der Waals surface area contributed by atoms with Crippen LogP contribution in [0.3, 0.4) is 0 Å². The fourth-order valence-electron chi connectivity index (χ4n) is 2.63. The third kappa shape index (κ3) is 2.74. The van der Waals surface area contributed by atoms with E-state index in [0.29, 0.717) is 22.8 Å². The van der Waals surface area contributed by atoms with Crippen molar-refractivity contribution in [1.29, 1.82) is 0 Å². The van der Waals surface area contributed by atoms with E-state index in [2.05, 4.69) is 5.32 Å². The molecule has 0 spiro atoms. The molecule has 2 aromatic carbocycles. The van der Waals surface area contributed by atoms with E-state index in [1.165, 1.54) is 6.07 Å². The van der Waals surface area contributed by atoms with Crippen molar-refractivity contribution in [3.63, 3.8) is 0 Å². The van der Waals surface area contributed by atoms with Gasteiger partial charge in [-0.2, -0.15) is 0 Å². The molecule has 21 heavy (non-hydrogen) atoms. The first kappa shape index (κ1) is 14.3. The highest BCUT2D eigenvalue weighted by Gasteiger charge is 2.29. The fraction of sp³-hybridized carbons (Fsp3) is 0.250. The molecule has 1 aliphatic heterocycles. The molecule has 0 aliphatic carbocycles. The predicted molar refractivity (Wildman–Crippen MR) is 77.6 cm³/mol. The quantitative estimate of drug-likeness (QED) is 0.887. The Labute approximate surface area is 126 Å². The van der Waals surface area contributed by atoms with Crippen molar-refractivity contribution in [2.45, 2.75) is 18.6 Å². The van der Waals surface area contributed by atoms with Crippen molar-refractivity contribution in [3.8, 4) is 5.75 Å². The molecule has 0 aromatic heterocycles. The Hall–Kier alpha value is -1.65. The summed E-state index contributed by atoms with van der Waals surface area (Å²) >= 11 is 6.02. The van der Waals surface area contributed by atoms with Crippen molar-refractivity contribution in [3.05, 3.63) is 64.2 Å². The number of fused-ring (bicyclic) bond motifs is 1. The van der Waals surface area contributed by atoms with E-state index >= 15 is 0 Å². The number of benzene rings is 2. The molecule has 1 N–H and O–H groups in total. The van der Waals surface area contributed by atoms with Crippen LogP contribution in [-0.2, 0) is 0 Å². The summed E-state index contributed by atoms with van der Waals surface area (Å²) in [6, 6.07) is 9.32. The molecule has 2 aromatic rings. The Kier molecular flexibility index (Phi) is 3.83. The zero-order chi connectivity index (χ0) is 15.0. The molecule has 2 nitrogen and oxygen atoms in total. The topological polar surface area (TPSA) is 21.3 Å². The van der Waals surface area contributed by atoms with Gasteiger partial charge in [0.1, 0.15) is 11.9 Å². The van der Waals surface area contributed by atoms with Gasteiger partial charge >= 0.3 is 0 Å². The number of hydrogen-bond donors (Lipinski definition) is 1. The maximum Gasteiger partial charge on any atom is 0.159 e. The van der Waals surface area contributed by atoms with Gasteiger partial charge in [-0.05, 0) is 42.9 Å². The van der Waals surface area contributed by atoms with Crippen molar-refractivity contribution < 1.29 is 13.5 Å². The van der Waals surface area contributed by atoms with Crippen molar-refractivity contribution in [2.75, 3.05) is 7.05 Å². The van der Waals surface area contributed by atoms with Crippen LogP contribution >= 0.6 is 11.6 Å². The number of hydrogen-bond acceptors (Lipinski definition) is 2. The van der Waals surface area contributed by atoms with Gasteiger partial charge in [0.2, 0.25) is 0 Å². The zero-order valence-electron chi connectivity index (χ0n) is 11.4. The third-order valence-electron chi connectivity index (χ3n) is 3.73. The Morgan fingerprint density at radius 1 is 1.14 bits per heavy atom. The molecular formula is C16H14ClF2NO. The van der Waals surface area contributed by atoms with Gasteiger partial charge in [0.15, 0.2) is 11.6 Å². The van der Waals surface area contributed by atoms with Gasteiger partial charge in [0, 0.05) is 23.0 Å². The minimum Gasteiger partial charge on any atom is -0.485 e. The normalized spacial score (nSPS) is 20.8. The summed E-state index contributed by atoms with van der Waals surface area (Å²) in [7, 11) is 1.85. The van der Waals surface area contributed by atoms with Gasteiger partial charge < -0.3 is 10.1 Å². The van der Waals surface area contributed by atoms with Crippen LogP contribution in [-0.4, -0.2) is 7.05 Å². The van der Waals surface area contributed by atoms with Crippen LogP contribution in [0.2, 0.25) is 5.02 Å². The minimum atomic E-state index is -0.862. The van der Waals surface area contributed by atoms with Gasteiger partial charge in [-0.3, -0.25) is 0 Å². The minimum absolute atomic E-state index is 0.0468. The van der Waals surface area contributed by atoms with Gasteiger partial charge in [0.25, 0.3) is 0 Å². The summed E-state index contributed by atoms with van der Waals surface area (Å²) in [5.74, 6) is -1.01. The largest absolute Gasteiger partial charge is 0.485 e. The highest BCUT2D eigenvalue weighted by Crippen LogP contribution is 2.41. The van der Waals surface area contributed by atoms with Crippen molar-refractivity contribution >= 4 is 11.6 Å². The van der Waals surface area contributed by atoms with E-state index in [1.807, 2.05) is 13.1 Å². The Morgan fingerprint density at radius 3 is 2.67 bits per heavy atom. The first-order valence-electron chi connectivity index (χ1n) is 6.67. The molecule has 2 unspecified atom stereocenters. The SMILES string of the molecule is CNC1CC(c2ccc(F)c(F)c2)Oc2ccc(Cl)cc21. The first-order chi connectivity index (χ1) is 10.1. The van der Waals surface area contributed by atoms with Crippen molar-refractivity contribution in [2.24, 2.45) is 0 Å². The molecule has 110 valence electrons. The Balaban J connectivity index is 1.96. The number of nitrogens with one attached hydrogen (secondary N) is 1. The van der Waals surface area contributed by atoms with Crippen LogP contribution in [0, 0.1) is 11.6 Å². The smallest absolute Gasteiger partial charge is 0.159 e. The van der Waals surface area contributed by atoms with E-state index in [9.17, 15) is 8.78 Å². The predicted octanol–water partition coefficient (Wildman–Crippen LogP) is 4.40. The average molecular weight is 310 g/mol. The summed E-state index contributed by atoms with van der Waals surface area (Å²) in [6.45, 7) is 0. The van der Waals surface area contributed by atoms with Crippen molar-refractivity contribution in [1.82, 2.24) is 5.32 Å². The number of halogens is 3. The van der Waals surface area contributed by atoms with Crippen LogP contribution < -0.4 is 10.1 Å². The second-order valence-corrected chi connectivity index (χ2v) is 5.48. The molecule has 0 amide bonds. The monoisotopic (exact) mass is 309 g/mol. The molecule has 1 aliphatic rings. The molecule has 5 heteroatoms. The second kappa shape index (κ2) is 5.62. The molecule has 0 radical (unpaired) electrons. The summed E-state index contributed by atoms with van der Waals surface area (Å²) in [5.41, 5.74) is 1.60. The summed E-state index contributed by atoms with van der Waals surface area (Å²) in [4.78, 5) is 0. The molecule has 1 heterocycles. The standard InChI is InChI=1S/C16H14ClF2NO/c1-20-14-8-16(9-2-4-12(18)13(19)6-9)21-15-5-3-10(17)7-11(14)15/h2-7,14,16,20H,8H2,1H3. The maximum atomic E-state index is 13.4. The Bertz CT molecular complexity index is 677. The van der Waals surface area contributed by atoms with Crippen LogP contribution in [0.4, 0.5) is 8.78 Å². The zero-order valence-corrected chi connectivity index (χ0v) is 12.1. The lowest BCUT2D eigenvalue weighted by Gasteiger charge is -2.32. The summed E-state index contributed by atoms with van der Waals surface area (Å²) in [6.07, 6.45) is 0.292. The lowest BCUT2D eigenvalue weighted by molar-refractivity contribution is 0.153. The van der Waals surface area contributed by atoms with E-state index in [4.69, 9.17) is 16.3 Å². The molecule has 0 saturated heterocycles. The van der Waals surface area contributed by atoms with Gasteiger partial charge in [-0.1, -0.05) is 17.7 Å². The highest BCUT2D eigenvalue weighted by atomic mass is 35.5. The van der Waals surface area contributed by atoms with Gasteiger partial charge in [0.05, 0.1) is 0 Å². The summed E-state index contributed by atoms with van der Waals surface area (Å²) < 4.78 is 32.4. The van der Waals surface area contributed by atoms with E-state index in [1.54, 1.807) is 18.2 Å². The lowest BCUT2D eigenvalue weighted by atomic mass is 9.93. The average Bonchev–Trinajstić information content (AvgIpc) is 2.49. The Morgan fingerprint density at radius 2 is 1.95 bits per heavy atom. The van der Waals surface area contributed by atoms with E-state index in [0.717, 1.165) is 11.6 Å². The van der Waals surface area contributed by atoms with Crippen LogP contribution in [0.1, 0.15) is 29.7 Å². The van der Waals surface area contributed by atoms with Crippen LogP contribution in [0.25, 0.3) is 0 Å². The van der Waals surface area contributed by atoms with E-state index < -0.39 is 11.6 Å². The maximum absolute atomic E-state index is 13.4. The molecule has 0 fully saturated rings. The second-order valence-electron chi connectivity index (χ2n) is 5.04. The number of ether oxygens (including phenoxy) is 1. The molecular weight excluding hydrogens is 296 g/mol.